The first-order valence-corrected chi connectivity index (χ1v) is 12.5. The minimum Gasteiger partial charge on any atom is -0.357 e. The average molecular weight is 552 g/mol. The zero-order valence-corrected chi connectivity index (χ0v) is 21.7. The van der Waals surface area contributed by atoms with E-state index in [1.165, 1.54) is 5.56 Å². The molecule has 1 saturated heterocycles. The molecule has 1 heterocycles. The molecular weight excluding hydrogens is 513 g/mol. The van der Waals surface area contributed by atoms with Gasteiger partial charge >= 0.3 is 0 Å². The van der Waals surface area contributed by atoms with Crippen LogP contribution < -0.4 is 10.0 Å². The molecule has 0 aromatic heterocycles. The fraction of sp³-hybridized carbons (Fsp3) is 0.667. The van der Waals surface area contributed by atoms with Gasteiger partial charge in [0.05, 0.1) is 5.75 Å². The van der Waals surface area contributed by atoms with Crippen molar-refractivity contribution in [2.75, 3.05) is 51.6 Å². The first-order chi connectivity index (χ1) is 14.0. The van der Waals surface area contributed by atoms with Crippen LogP contribution in [0.4, 0.5) is 0 Å². The monoisotopic (exact) mass is 551 g/mol. The number of guanidine groups is 1. The van der Waals surface area contributed by atoms with E-state index in [2.05, 4.69) is 64.0 Å². The van der Waals surface area contributed by atoms with Gasteiger partial charge in [0.15, 0.2) is 5.96 Å². The molecule has 0 saturated carbocycles. The molecule has 2 N–H and O–H groups in total. The molecule has 1 unspecified atom stereocenters. The van der Waals surface area contributed by atoms with Gasteiger partial charge in [0.1, 0.15) is 0 Å². The quantitative estimate of drug-likeness (QED) is 0.203. The molecule has 0 spiro atoms. The molecule has 1 aromatic carbocycles. The predicted molar refractivity (Wildman–Crippen MR) is 136 cm³/mol. The molecule has 2 rings (SSSR count). The van der Waals surface area contributed by atoms with Gasteiger partial charge < -0.3 is 10.2 Å². The van der Waals surface area contributed by atoms with Gasteiger partial charge in [-0.1, -0.05) is 37.3 Å². The van der Waals surface area contributed by atoms with Gasteiger partial charge in [0.2, 0.25) is 10.0 Å². The van der Waals surface area contributed by atoms with Crippen LogP contribution in [-0.4, -0.2) is 75.7 Å². The first kappa shape index (κ1) is 27.1. The molecule has 1 fully saturated rings. The van der Waals surface area contributed by atoms with Crippen LogP contribution in [0, 0.1) is 0 Å². The van der Waals surface area contributed by atoms with Gasteiger partial charge in [-0.25, -0.2) is 13.1 Å². The van der Waals surface area contributed by atoms with E-state index < -0.39 is 10.0 Å². The van der Waals surface area contributed by atoms with Crippen molar-refractivity contribution < 1.29 is 8.42 Å². The second-order valence-electron chi connectivity index (χ2n) is 7.24. The highest BCUT2D eigenvalue weighted by atomic mass is 127. The summed E-state index contributed by atoms with van der Waals surface area (Å²) in [6, 6.07) is 11.2. The number of hydrogen-bond donors (Lipinski definition) is 2. The zero-order valence-electron chi connectivity index (χ0n) is 18.5. The van der Waals surface area contributed by atoms with Crippen LogP contribution in [0.1, 0.15) is 45.2 Å². The minimum absolute atomic E-state index is 0. The second-order valence-corrected chi connectivity index (χ2v) is 9.34. The number of nitrogens with one attached hydrogen (secondary N) is 2. The minimum atomic E-state index is -3.12. The Morgan fingerprint density at radius 2 is 1.77 bits per heavy atom. The molecule has 1 aliphatic heterocycles. The summed E-state index contributed by atoms with van der Waals surface area (Å²) in [7, 11) is -3.12. The third kappa shape index (κ3) is 8.68. The number of sulfonamides is 1. The molecule has 1 atom stereocenters. The lowest BCUT2D eigenvalue weighted by molar-refractivity contribution is 0.127. The Morgan fingerprint density at radius 3 is 2.33 bits per heavy atom. The summed E-state index contributed by atoms with van der Waals surface area (Å²) in [5.74, 6) is 1.04. The summed E-state index contributed by atoms with van der Waals surface area (Å²) in [5, 5.41) is 3.38. The van der Waals surface area contributed by atoms with Crippen LogP contribution in [0.2, 0.25) is 0 Å². The Labute approximate surface area is 199 Å². The number of rotatable bonds is 10. The standard InChI is InChI=1S/C21H37N5O2S.HI/c1-4-20(19-11-8-7-9-12-19)25-15-17-26(18-16-25)21(22-5-2)23-13-10-14-24-29(27,28)6-3;/h7-9,11-12,20,24H,4-6,10,13-18H2,1-3H3,(H,22,23);1H. The summed E-state index contributed by atoms with van der Waals surface area (Å²) in [6.45, 7) is 11.7. The van der Waals surface area contributed by atoms with Crippen molar-refractivity contribution >= 4 is 40.0 Å². The Morgan fingerprint density at radius 1 is 1.10 bits per heavy atom. The van der Waals surface area contributed by atoms with Crippen molar-refractivity contribution in [3.8, 4) is 0 Å². The van der Waals surface area contributed by atoms with E-state index in [9.17, 15) is 8.42 Å². The van der Waals surface area contributed by atoms with E-state index in [-0.39, 0.29) is 29.7 Å². The van der Waals surface area contributed by atoms with E-state index in [0.717, 1.165) is 45.1 Å². The number of benzene rings is 1. The van der Waals surface area contributed by atoms with Crippen molar-refractivity contribution in [1.29, 1.82) is 0 Å². The molecule has 0 bridgehead atoms. The van der Waals surface area contributed by atoms with Gasteiger partial charge in [-0.15, -0.1) is 24.0 Å². The van der Waals surface area contributed by atoms with Crippen LogP contribution >= 0.6 is 24.0 Å². The van der Waals surface area contributed by atoms with Crippen LogP contribution in [0.25, 0.3) is 0 Å². The zero-order chi connectivity index (χ0) is 21.1. The van der Waals surface area contributed by atoms with E-state index in [4.69, 9.17) is 4.99 Å². The summed E-state index contributed by atoms with van der Waals surface area (Å²) < 4.78 is 25.6. The molecule has 30 heavy (non-hydrogen) atoms. The van der Waals surface area contributed by atoms with Crippen molar-refractivity contribution in [1.82, 2.24) is 19.8 Å². The third-order valence-electron chi connectivity index (χ3n) is 5.26. The molecule has 0 radical (unpaired) electrons. The maximum Gasteiger partial charge on any atom is 0.211 e. The Kier molecular flexibility index (Phi) is 12.8. The first-order valence-electron chi connectivity index (χ1n) is 10.8. The van der Waals surface area contributed by atoms with E-state index >= 15 is 0 Å². The van der Waals surface area contributed by atoms with Gasteiger partial charge in [0.25, 0.3) is 0 Å². The van der Waals surface area contributed by atoms with Crippen LogP contribution in [0.3, 0.4) is 0 Å². The molecule has 7 nitrogen and oxygen atoms in total. The summed E-state index contributed by atoms with van der Waals surface area (Å²) >= 11 is 0. The lowest BCUT2D eigenvalue weighted by Gasteiger charge is -2.40. The highest BCUT2D eigenvalue weighted by molar-refractivity contribution is 14.0. The molecule has 0 amide bonds. The van der Waals surface area contributed by atoms with Crippen LogP contribution in [0.5, 0.6) is 0 Å². The lowest BCUT2D eigenvalue weighted by Crippen LogP contribution is -2.53. The van der Waals surface area contributed by atoms with Crippen LogP contribution in [-0.2, 0) is 10.0 Å². The average Bonchev–Trinajstić information content (AvgIpc) is 2.74. The number of hydrogen-bond acceptors (Lipinski definition) is 4. The summed E-state index contributed by atoms with van der Waals surface area (Å²) in [5.41, 5.74) is 1.39. The maximum atomic E-state index is 11.5. The normalized spacial score (nSPS) is 16.8. The van der Waals surface area contributed by atoms with Gasteiger partial charge in [0, 0.05) is 51.9 Å². The molecule has 1 aromatic rings. The lowest BCUT2D eigenvalue weighted by atomic mass is 10.0. The Bertz CT molecular complexity index is 722. The van der Waals surface area contributed by atoms with E-state index in [1.54, 1.807) is 6.92 Å². The topological polar surface area (TPSA) is 77.0 Å². The van der Waals surface area contributed by atoms with Gasteiger partial charge in [-0.05, 0) is 32.3 Å². The predicted octanol–water partition coefficient (Wildman–Crippen LogP) is 2.67. The molecule has 9 heteroatoms. The largest absolute Gasteiger partial charge is 0.357 e. The number of piperazine rings is 1. The molecular formula is C21H38IN5O2S. The van der Waals surface area contributed by atoms with Crippen molar-refractivity contribution in [3.63, 3.8) is 0 Å². The fourth-order valence-corrected chi connectivity index (χ4v) is 4.30. The van der Waals surface area contributed by atoms with E-state index in [0.29, 0.717) is 25.6 Å². The van der Waals surface area contributed by atoms with Crippen molar-refractivity contribution in [3.05, 3.63) is 35.9 Å². The summed E-state index contributed by atoms with van der Waals surface area (Å²) in [6.07, 6.45) is 1.80. The highest BCUT2D eigenvalue weighted by Crippen LogP contribution is 2.25. The van der Waals surface area contributed by atoms with E-state index in [1.807, 2.05) is 0 Å². The number of aliphatic imine (C=N–C) groups is 1. The van der Waals surface area contributed by atoms with Crippen LogP contribution in [0.15, 0.2) is 35.3 Å². The smallest absolute Gasteiger partial charge is 0.211 e. The Balaban J connectivity index is 0.00000450. The SMILES string of the molecule is CCNC(=NCCCNS(=O)(=O)CC)N1CCN(C(CC)c2ccccc2)CC1.I. The Hall–Kier alpha value is -0.910. The second kappa shape index (κ2) is 14.2. The fourth-order valence-electron chi connectivity index (χ4n) is 3.64. The molecule has 1 aliphatic rings. The van der Waals surface area contributed by atoms with Gasteiger partial charge in [-0.2, -0.15) is 0 Å². The molecule has 172 valence electrons. The summed E-state index contributed by atoms with van der Waals surface area (Å²) in [4.78, 5) is 9.59. The molecule has 0 aliphatic carbocycles. The number of nitrogens with zero attached hydrogens (tertiary/aromatic N) is 3. The highest BCUT2D eigenvalue weighted by Gasteiger charge is 2.25. The van der Waals surface area contributed by atoms with Crippen molar-refractivity contribution in [2.24, 2.45) is 4.99 Å². The maximum absolute atomic E-state index is 11.5. The number of halogens is 1. The third-order valence-corrected chi connectivity index (χ3v) is 6.66. The van der Waals surface area contributed by atoms with Gasteiger partial charge in [-0.3, -0.25) is 9.89 Å². The van der Waals surface area contributed by atoms with Crippen molar-refractivity contribution in [2.45, 2.75) is 39.7 Å².